The first kappa shape index (κ1) is 20.2. The van der Waals surface area contributed by atoms with Gasteiger partial charge in [0, 0.05) is 37.9 Å². The lowest BCUT2D eigenvalue weighted by molar-refractivity contribution is 0.0526. The van der Waals surface area contributed by atoms with Crippen molar-refractivity contribution in [1.29, 1.82) is 0 Å². The van der Waals surface area contributed by atoms with Gasteiger partial charge in [-0.2, -0.15) is 0 Å². The van der Waals surface area contributed by atoms with Crippen molar-refractivity contribution >= 4 is 44.4 Å². The number of benzene rings is 1. The number of likely N-dealkylation sites (N-methyl/N-ethyl adjacent to an activating group) is 1. The smallest absolute Gasteiger partial charge is 0.343 e. The van der Waals surface area contributed by atoms with Crippen LogP contribution < -0.4 is 5.32 Å². The number of fused-ring (bicyclic) bond motifs is 1. The van der Waals surface area contributed by atoms with Gasteiger partial charge in [-0.05, 0) is 32.2 Å². The van der Waals surface area contributed by atoms with E-state index in [1.807, 2.05) is 17.0 Å². The van der Waals surface area contributed by atoms with Gasteiger partial charge in [-0.1, -0.05) is 11.3 Å². The van der Waals surface area contributed by atoms with E-state index >= 15 is 0 Å². The molecule has 1 aliphatic heterocycles. The zero-order valence-corrected chi connectivity index (χ0v) is 17.6. The SMILES string of the molecule is CCOC(=O)c1cncnc1Nc1nc2ccc(C(=O)N3CCN(C)CC3)cc2s1. The van der Waals surface area contributed by atoms with Crippen molar-refractivity contribution in [3.05, 3.63) is 41.9 Å². The molecule has 0 bridgehead atoms. The Hall–Kier alpha value is -3.11. The maximum atomic E-state index is 12.8. The number of carbonyl (C=O) groups is 2. The normalized spacial score (nSPS) is 14.7. The van der Waals surface area contributed by atoms with Crippen LogP contribution in [0, 0.1) is 0 Å². The first-order chi connectivity index (χ1) is 14.5. The van der Waals surface area contributed by atoms with E-state index in [9.17, 15) is 9.59 Å². The van der Waals surface area contributed by atoms with E-state index in [2.05, 4.69) is 32.2 Å². The number of hydrogen-bond acceptors (Lipinski definition) is 9. The molecule has 30 heavy (non-hydrogen) atoms. The molecule has 2 aromatic heterocycles. The summed E-state index contributed by atoms with van der Waals surface area (Å²) in [5, 5.41) is 3.64. The number of piperazine rings is 1. The van der Waals surface area contributed by atoms with Gasteiger partial charge in [0.2, 0.25) is 0 Å². The predicted octanol–water partition coefficient (Wildman–Crippen LogP) is 2.39. The molecule has 1 N–H and O–H groups in total. The van der Waals surface area contributed by atoms with Gasteiger partial charge < -0.3 is 19.9 Å². The minimum absolute atomic E-state index is 0.0355. The summed E-state index contributed by atoms with van der Waals surface area (Å²) in [6, 6.07) is 5.51. The van der Waals surface area contributed by atoms with Crippen LogP contribution in [-0.2, 0) is 4.74 Å². The number of nitrogens with zero attached hydrogens (tertiary/aromatic N) is 5. The number of anilines is 2. The highest BCUT2D eigenvalue weighted by Gasteiger charge is 2.21. The van der Waals surface area contributed by atoms with Crippen LogP contribution in [0.5, 0.6) is 0 Å². The zero-order valence-electron chi connectivity index (χ0n) is 16.8. The molecule has 0 spiro atoms. The molecule has 1 aliphatic rings. The molecular weight excluding hydrogens is 404 g/mol. The first-order valence-electron chi connectivity index (χ1n) is 9.67. The number of rotatable bonds is 5. The lowest BCUT2D eigenvalue weighted by Gasteiger charge is -2.32. The summed E-state index contributed by atoms with van der Waals surface area (Å²) in [6.07, 6.45) is 2.76. The summed E-state index contributed by atoms with van der Waals surface area (Å²) in [4.78, 5) is 41.6. The molecule has 0 unspecified atom stereocenters. The Kier molecular flexibility index (Phi) is 5.86. The fourth-order valence-corrected chi connectivity index (χ4v) is 4.10. The molecule has 3 aromatic rings. The van der Waals surface area contributed by atoms with Gasteiger partial charge in [0.05, 0.1) is 16.8 Å². The van der Waals surface area contributed by atoms with Crippen molar-refractivity contribution in [2.45, 2.75) is 6.92 Å². The van der Waals surface area contributed by atoms with Gasteiger partial charge in [-0.25, -0.2) is 19.7 Å². The van der Waals surface area contributed by atoms with E-state index in [4.69, 9.17) is 4.74 Å². The Balaban J connectivity index is 1.55. The quantitative estimate of drug-likeness (QED) is 0.621. The second-order valence-electron chi connectivity index (χ2n) is 6.93. The topological polar surface area (TPSA) is 101 Å². The number of aromatic nitrogens is 3. The van der Waals surface area contributed by atoms with Crippen molar-refractivity contribution in [3.8, 4) is 0 Å². The van der Waals surface area contributed by atoms with Crippen LogP contribution >= 0.6 is 11.3 Å². The predicted molar refractivity (Wildman–Crippen MR) is 114 cm³/mol. The molecule has 1 fully saturated rings. The highest BCUT2D eigenvalue weighted by atomic mass is 32.1. The molecule has 9 nitrogen and oxygen atoms in total. The third kappa shape index (κ3) is 4.24. The number of carbonyl (C=O) groups excluding carboxylic acids is 2. The molecule has 3 heterocycles. The van der Waals surface area contributed by atoms with Crippen molar-refractivity contribution < 1.29 is 14.3 Å². The van der Waals surface area contributed by atoms with Gasteiger partial charge in [0.15, 0.2) is 5.13 Å². The molecule has 1 saturated heterocycles. The van der Waals surface area contributed by atoms with Gasteiger partial charge in [0.25, 0.3) is 5.91 Å². The molecular formula is C20H22N6O3S. The average Bonchev–Trinajstić information content (AvgIpc) is 3.15. The van der Waals surface area contributed by atoms with Crippen LogP contribution in [0.4, 0.5) is 10.9 Å². The second kappa shape index (κ2) is 8.72. The van der Waals surface area contributed by atoms with Crippen LogP contribution in [0.25, 0.3) is 10.2 Å². The van der Waals surface area contributed by atoms with E-state index in [0.29, 0.717) is 16.5 Å². The van der Waals surface area contributed by atoms with Crippen molar-refractivity contribution in [2.24, 2.45) is 0 Å². The van der Waals surface area contributed by atoms with Crippen molar-refractivity contribution in [3.63, 3.8) is 0 Å². The van der Waals surface area contributed by atoms with E-state index in [1.54, 1.807) is 13.0 Å². The number of thiazole rings is 1. The highest BCUT2D eigenvalue weighted by Crippen LogP contribution is 2.30. The molecule has 10 heteroatoms. The summed E-state index contributed by atoms with van der Waals surface area (Å²) in [5.41, 5.74) is 1.66. The van der Waals surface area contributed by atoms with E-state index < -0.39 is 5.97 Å². The lowest BCUT2D eigenvalue weighted by Crippen LogP contribution is -2.47. The molecule has 0 atom stereocenters. The fourth-order valence-electron chi connectivity index (χ4n) is 3.19. The van der Waals surface area contributed by atoms with E-state index in [-0.39, 0.29) is 18.1 Å². The summed E-state index contributed by atoms with van der Waals surface area (Å²) in [6.45, 7) is 5.22. The molecule has 0 aliphatic carbocycles. The van der Waals surface area contributed by atoms with E-state index in [1.165, 1.54) is 23.9 Å². The summed E-state index contributed by atoms with van der Waals surface area (Å²) < 4.78 is 5.93. The number of esters is 1. The maximum Gasteiger partial charge on any atom is 0.343 e. The summed E-state index contributed by atoms with van der Waals surface area (Å²) in [5.74, 6) is -0.133. The van der Waals surface area contributed by atoms with Gasteiger partial charge in [0.1, 0.15) is 17.7 Å². The number of hydrogen-bond donors (Lipinski definition) is 1. The van der Waals surface area contributed by atoms with Crippen molar-refractivity contribution in [1.82, 2.24) is 24.8 Å². The summed E-state index contributed by atoms with van der Waals surface area (Å²) >= 11 is 1.39. The molecule has 1 aromatic carbocycles. The molecule has 1 amide bonds. The van der Waals surface area contributed by atoms with Gasteiger partial charge >= 0.3 is 5.97 Å². The Labute approximate surface area is 177 Å². The van der Waals surface area contributed by atoms with Gasteiger partial charge in [-0.3, -0.25) is 4.79 Å². The lowest BCUT2D eigenvalue weighted by atomic mass is 10.1. The van der Waals surface area contributed by atoms with Crippen LogP contribution in [0.3, 0.4) is 0 Å². The first-order valence-corrected chi connectivity index (χ1v) is 10.5. The third-order valence-corrected chi connectivity index (χ3v) is 5.79. The van der Waals surface area contributed by atoms with Crippen LogP contribution in [-0.4, -0.2) is 76.5 Å². The van der Waals surface area contributed by atoms with Gasteiger partial charge in [-0.15, -0.1) is 0 Å². The minimum atomic E-state index is -0.498. The zero-order chi connectivity index (χ0) is 21.1. The largest absolute Gasteiger partial charge is 0.462 e. The highest BCUT2D eigenvalue weighted by molar-refractivity contribution is 7.22. The minimum Gasteiger partial charge on any atom is -0.462 e. The molecule has 4 rings (SSSR count). The van der Waals surface area contributed by atoms with Crippen LogP contribution in [0.1, 0.15) is 27.6 Å². The number of amides is 1. The second-order valence-corrected chi connectivity index (χ2v) is 7.96. The number of nitrogens with one attached hydrogen (secondary N) is 1. The van der Waals surface area contributed by atoms with Crippen LogP contribution in [0.15, 0.2) is 30.7 Å². The molecule has 156 valence electrons. The fraction of sp³-hybridized carbons (Fsp3) is 0.350. The monoisotopic (exact) mass is 426 g/mol. The summed E-state index contributed by atoms with van der Waals surface area (Å²) in [7, 11) is 2.06. The van der Waals surface area contributed by atoms with E-state index in [0.717, 1.165) is 36.4 Å². The third-order valence-electron chi connectivity index (χ3n) is 4.86. The standard InChI is InChI=1S/C20H22N6O3S/c1-3-29-19(28)14-11-21-12-22-17(14)24-20-23-15-5-4-13(10-16(15)30-20)18(27)26-8-6-25(2)7-9-26/h4-5,10-12H,3,6-9H2,1-2H3,(H,21,22,23,24). The Morgan fingerprint density at radius 2 is 2.03 bits per heavy atom. The number of ether oxygens (including phenoxy) is 1. The average molecular weight is 427 g/mol. The maximum absolute atomic E-state index is 12.8. The Bertz CT molecular complexity index is 1080. The van der Waals surface area contributed by atoms with Crippen molar-refractivity contribution in [2.75, 3.05) is 45.2 Å². The molecule has 0 radical (unpaired) electrons. The van der Waals surface area contributed by atoms with Crippen LogP contribution in [0.2, 0.25) is 0 Å². The Morgan fingerprint density at radius 3 is 2.80 bits per heavy atom. The Morgan fingerprint density at radius 1 is 1.23 bits per heavy atom. The molecule has 0 saturated carbocycles.